The Bertz CT molecular complexity index is 404. The second-order valence-corrected chi connectivity index (χ2v) is 3.86. The van der Waals surface area contributed by atoms with E-state index in [0.717, 1.165) is 0 Å². The normalized spacial score (nSPS) is 11.2. The van der Waals surface area contributed by atoms with Gasteiger partial charge >= 0.3 is 12.2 Å². The van der Waals surface area contributed by atoms with Crippen LogP contribution in [0.1, 0.15) is 5.56 Å². The van der Waals surface area contributed by atoms with Crippen LogP contribution in [0.4, 0.5) is 23.7 Å². The van der Waals surface area contributed by atoms with Gasteiger partial charge in [-0.15, -0.1) is 0 Å². The van der Waals surface area contributed by atoms with Crippen LogP contribution in [0.3, 0.4) is 0 Å². The van der Waals surface area contributed by atoms with Gasteiger partial charge in [0.25, 0.3) is 0 Å². The van der Waals surface area contributed by atoms with Gasteiger partial charge in [0.15, 0.2) is 0 Å². The zero-order valence-corrected chi connectivity index (χ0v) is 10.4. The number of amides is 2. The Labute approximate surface area is 108 Å². The van der Waals surface area contributed by atoms with E-state index in [1.54, 1.807) is 0 Å². The molecule has 0 radical (unpaired) electrons. The van der Waals surface area contributed by atoms with Crippen LogP contribution in [0.15, 0.2) is 24.3 Å². The summed E-state index contributed by atoms with van der Waals surface area (Å²) in [5, 5.41) is 5.03. The van der Waals surface area contributed by atoms with Crippen LogP contribution in [0.25, 0.3) is 0 Å². The molecule has 19 heavy (non-hydrogen) atoms. The number of rotatable bonds is 5. The van der Waals surface area contributed by atoms with Gasteiger partial charge in [0.2, 0.25) is 0 Å². The molecule has 1 aromatic rings. The number of hydrogen-bond acceptors (Lipinski definition) is 2. The fourth-order valence-electron chi connectivity index (χ4n) is 1.38. The molecule has 0 aliphatic rings. The van der Waals surface area contributed by atoms with Gasteiger partial charge in [0.1, 0.15) is 0 Å². The summed E-state index contributed by atoms with van der Waals surface area (Å²) in [4.78, 5) is 11.3. The fourth-order valence-corrected chi connectivity index (χ4v) is 1.38. The molecule has 0 aliphatic heterocycles. The van der Waals surface area contributed by atoms with Gasteiger partial charge < -0.3 is 15.4 Å². The Kier molecular flexibility index (Phi) is 5.62. The number of methoxy groups -OCH3 is 1. The first-order chi connectivity index (χ1) is 8.90. The second-order valence-electron chi connectivity index (χ2n) is 3.86. The smallest absolute Gasteiger partial charge is 0.383 e. The topological polar surface area (TPSA) is 50.4 Å². The summed E-state index contributed by atoms with van der Waals surface area (Å²) in [5.74, 6) is 0. The van der Waals surface area contributed by atoms with Crippen molar-refractivity contribution in [3.63, 3.8) is 0 Å². The molecule has 0 bridgehead atoms. The van der Waals surface area contributed by atoms with Crippen LogP contribution in [0.2, 0.25) is 0 Å². The van der Waals surface area contributed by atoms with E-state index in [-0.39, 0.29) is 5.56 Å². The first-order valence-corrected chi connectivity index (χ1v) is 5.60. The number of halogens is 3. The molecule has 7 heteroatoms. The van der Waals surface area contributed by atoms with Crippen molar-refractivity contribution in [2.75, 3.05) is 25.6 Å². The van der Waals surface area contributed by atoms with Crippen molar-refractivity contribution in [1.29, 1.82) is 0 Å². The predicted molar refractivity (Wildman–Crippen MR) is 65.1 cm³/mol. The van der Waals surface area contributed by atoms with Crippen LogP contribution in [0.5, 0.6) is 0 Å². The Balaban J connectivity index is 2.46. The molecule has 0 heterocycles. The molecule has 0 aliphatic carbocycles. The lowest BCUT2D eigenvalue weighted by Crippen LogP contribution is -2.31. The van der Waals surface area contributed by atoms with Crippen molar-refractivity contribution in [2.24, 2.45) is 0 Å². The van der Waals surface area contributed by atoms with E-state index in [1.165, 1.54) is 31.4 Å². The van der Waals surface area contributed by atoms with Crippen LogP contribution in [-0.2, 0) is 11.2 Å². The summed E-state index contributed by atoms with van der Waals surface area (Å²) in [6.07, 6.45) is -5.21. The number of ether oxygens (including phenoxy) is 1. The molecule has 1 aromatic carbocycles. The average Bonchev–Trinajstić information content (AvgIpc) is 2.30. The molecule has 1 rings (SSSR count). The van der Waals surface area contributed by atoms with Crippen molar-refractivity contribution in [3.05, 3.63) is 29.8 Å². The first-order valence-electron chi connectivity index (χ1n) is 5.60. The molecule has 0 saturated heterocycles. The number of benzene rings is 1. The van der Waals surface area contributed by atoms with Gasteiger partial charge in [-0.25, -0.2) is 4.79 Å². The van der Waals surface area contributed by atoms with Crippen molar-refractivity contribution in [1.82, 2.24) is 5.32 Å². The summed E-state index contributed by atoms with van der Waals surface area (Å²) in [6.45, 7) is 0.742. The third kappa shape index (κ3) is 6.66. The van der Waals surface area contributed by atoms with Crippen LogP contribution in [0, 0.1) is 0 Å². The van der Waals surface area contributed by atoms with Crippen molar-refractivity contribution < 1.29 is 22.7 Å². The van der Waals surface area contributed by atoms with Crippen LogP contribution >= 0.6 is 0 Å². The molecule has 0 unspecified atom stereocenters. The molecule has 0 aromatic heterocycles. The summed E-state index contributed by atoms with van der Waals surface area (Å²) < 4.78 is 41.2. The van der Waals surface area contributed by atoms with Gasteiger partial charge in [-0.3, -0.25) is 0 Å². The van der Waals surface area contributed by atoms with Crippen LogP contribution in [-0.4, -0.2) is 32.5 Å². The van der Waals surface area contributed by atoms with E-state index in [0.29, 0.717) is 18.8 Å². The Morgan fingerprint density at radius 3 is 2.42 bits per heavy atom. The number of anilines is 1. The summed E-state index contributed by atoms with van der Waals surface area (Å²) in [5.41, 5.74) is 0.582. The highest BCUT2D eigenvalue weighted by Crippen LogP contribution is 2.22. The van der Waals surface area contributed by atoms with Gasteiger partial charge in [0.05, 0.1) is 13.0 Å². The van der Waals surface area contributed by atoms with Crippen molar-refractivity contribution in [2.45, 2.75) is 12.6 Å². The molecule has 0 fully saturated rings. The summed E-state index contributed by atoms with van der Waals surface area (Å²) in [7, 11) is 1.51. The molecule has 2 amide bonds. The van der Waals surface area contributed by atoms with Gasteiger partial charge in [-0.1, -0.05) is 12.1 Å². The van der Waals surface area contributed by atoms with E-state index in [9.17, 15) is 18.0 Å². The minimum absolute atomic E-state index is 0.151. The van der Waals surface area contributed by atoms with E-state index < -0.39 is 18.6 Å². The maximum absolute atomic E-state index is 12.1. The summed E-state index contributed by atoms with van der Waals surface area (Å²) >= 11 is 0. The fraction of sp³-hybridized carbons (Fsp3) is 0.417. The van der Waals surface area contributed by atoms with E-state index in [1.807, 2.05) is 0 Å². The van der Waals surface area contributed by atoms with Crippen molar-refractivity contribution in [3.8, 4) is 0 Å². The lowest BCUT2D eigenvalue weighted by molar-refractivity contribution is -0.127. The number of carbonyl (C=O) groups excluding carboxylic acids is 1. The highest BCUT2D eigenvalue weighted by atomic mass is 19.4. The predicted octanol–water partition coefficient (Wildman–Crippen LogP) is 2.56. The maximum atomic E-state index is 12.1. The second kappa shape index (κ2) is 6.98. The first kappa shape index (κ1) is 15.3. The van der Waals surface area contributed by atoms with E-state index >= 15 is 0 Å². The van der Waals surface area contributed by atoms with E-state index in [4.69, 9.17) is 4.74 Å². The molecule has 0 saturated carbocycles. The minimum atomic E-state index is -4.23. The number of hydrogen-bond donors (Lipinski definition) is 2. The molecular weight excluding hydrogens is 261 g/mol. The minimum Gasteiger partial charge on any atom is -0.383 e. The number of alkyl halides is 3. The van der Waals surface area contributed by atoms with E-state index in [2.05, 4.69) is 10.6 Å². The lowest BCUT2D eigenvalue weighted by Gasteiger charge is -2.09. The number of urea groups is 1. The Morgan fingerprint density at radius 2 is 1.89 bits per heavy atom. The maximum Gasteiger partial charge on any atom is 0.393 e. The third-order valence-corrected chi connectivity index (χ3v) is 2.21. The van der Waals surface area contributed by atoms with Gasteiger partial charge in [0, 0.05) is 19.3 Å². The standard InChI is InChI=1S/C12H15F3N2O2/c1-19-7-6-16-11(18)17-10-4-2-9(3-5-10)8-12(13,14)15/h2-5H,6-8H2,1H3,(H2,16,17,18). The number of carbonyl (C=O) groups is 1. The quantitative estimate of drug-likeness (QED) is 0.812. The molecule has 0 atom stereocenters. The number of nitrogens with one attached hydrogen (secondary N) is 2. The Hall–Kier alpha value is -1.76. The third-order valence-electron chi connectivity index (χ3n) is 2.21. The molecule has 4 nitrogen and oxygen atoms in total. The molecule has 106 valence electrons. The zero-order valence-electron chi connectivity index (χ0n) is 10.4. The van der Waals surface area contributed by atoms with Gasteiger partial charge in [-0.05, 0) is 17.7 Å². The molecular formula is C12H15F3N2O2. The Morgan fingerprint density at radius 1 is 1.26 bits per heavy atom. The lowest BCUT2D eigenvalue weighted by atomic mass is 10.1. The summed E-state index contributed by atoms with van der Waals surface area (Å²) in [6, 6.07) is 5.09. The average molecular weight is 276 g/mol. The highest BCUT2D eigenvalue weighted by molar-refractivity contribution is 5.89. The largest absolute Gasteiger partial charge is 0.393 e. The van der Waals surface area contributed by atoms with Crippen LogP contribution < -0.4 is 10.6 Å². The highest BCUT2D eigenvalue weighted by Gasteiger charge is 2.27. The molecule has 0 spiro atoms. The van der Waals surface area contributed by atoms with Gasteiger partial charge in [-0.2, -0.15) is 13.2 Å². The monoisotopic (exact) mass is 276 g/mol. The SMILES string of the molecule is COCCNC(=O)Nc1ccc(CC(F)(F)F)cc1. The molecule has 2 N–H and O–H groups in total. The zero-order chi connectivity index (χ0) is 14.3. The van der Waals surface area contributed by atoms with Crippen molar-refractivity contribution >= 4 is 11.7 Å².